The summed E-state index contributed by atoms with van der Waals surface area (Å²) in [5, 5.41) is 0. The van der Waals surface area contributed by atoms with Crippen LogP contribution in [0.1, 0.15) is 169 Å². The maximum atomic E-state index is 2.47. The Morgan fingerprint density at radius 2 is 0.766 bits per heavy atom. The summed E-state index contributed by atoms with van der Waals surface area (Å²) < 4.78 is 0. The van der Waals surface area contributed by atoms with Crippen LogP contribution in [0.2, 0.25) is 0 Å². The highest BCUT2D eigenvalue weighted by Gasteiger charge is 2.18. The second kappa shape index (κ2) is 21.8. The van der Waals surface area contributed by atoms with Gasteiger partial charge in [0.1, 0.15) is 0 Å². The van der Waals surface area contributed by atoms with Gasteiger partial charge in [0.15, 0.2) is 0 Å². The number of unbranched alkanes of at least 4 members (excludes halogenated alkanes) is 18. The molecule has 0 aliphatic rings. The number of hydrogen-bond donors (Lipinski definition) is 0. The quantitative estimate of drug-likeness (QED) is 0.0601. The van der Waals surface area contributed by atoms with Gasteiger partial charge in [-0.3, -0.25) is 0 Å². The molecule has 0 saturated heterocycles. The molecule has 0 N–H and O–H groups in total. The smallest absolute Gasteiger partial charge is 0.0478 e. The third kappa shape index (κ3) is 12.9. The molecular formula is C43H64S4. The Morgan fingerprint density at radius 1 is 0.383 bits per heavy atom. The van der Waals surface area contributed by atoms with Gasteiger partial charge >= 0.3 is 0 Å². The highest BCUT2D eigenvalue weighted by molar-refractivity contribution is 7.28. The second-order valence-electron chi connectivity index (χ2n) is 14.1. The lowest BCUT2D eigenvalue weighted by Gasteiger charge is -2.04. The minimum absolute atomic E-state index is 1.23. The first-order valence-corrected chi connectivity index (χ1v) is 22.7. The summed E-state index contributed by atoms with van der Waals surface area (Å²) in [5.41, 5.74) is 4.59. The van der Waals surface area contributed by atoms with Gasteiger partial charge < -0.3 is 0 Å². The van der Waals surface area contributed by atoms with Crippen LogP contribution in [0, 0.1) is 20.8 Å². The van der Waals surface area contributed by atoms with Gasteiger partial charge in [0, 0.05) is 39.0 Å². The summed E-state index contributed by atoms with van der Waals surface area (Å²) >= 11 is 8.04. The molecule has 4 aromatic heterocycles. The molecule has 0 atom stereocenters. The third-order valence-corrected chi connectivity index (χ3v) is 14.7. The van der Waals surface area contributed by atoms with Crippen molar-refractivity contribution >= 4 is 45.3 Å². The topological polar surface area (TPSA) is 0 Å². The fourth-order valence-electron chi connectivity index (χ4n) is 6.95. The van der Waals surface area contributed by atoms with Crippen molar-refractivity contribution in [1.82, 2.24) is 0 Å². The van der Waals surface area contributed by atoms with E-state index < -0.39 is 0 Å². The molecule has 4 heterocycles. The fraction of sp³-hybridized carbons (Fsp3) is 0.628. The average Bonchev–Trinajstić information content (AvgIpc) is 3.85. The second-order valence-corrected chi connectivity index (χ2v) is 18.7. The van der Waals surface area contributed by atoms with Crippen LogP contribution >= 0.6 is 45.3 Å². The molecule has 0 aliphatic heterocycles. The van der Waals surface area contributed by atoms with Crippen LogP contribution in [0.3, 0.4) is 0 Å². The predicted octanol–water partition coefficient (Wildman–Crippen LogP) is 16.8. The predicted molar refractivity (Wildman–Crippen MR) is 220 cm³/mol. The van der Waals surface area contributed by atoms with E-state index in [1.807, 2.05) is 45.3 Å². The van der Waals surface area contributed by atoms with Gasteiger partial charge in [-0.2, -0.15) is 0 Å². The van der Waals surface area contributed by atoms with E-state index >= 15 is 0 Å². The lowest BCUT2D eigenvalue weighted by molar-refractivity contribution is 0.556. The maximum absolute atomic E-state index is 2.47. The summed E-state index contributed by atoms with van der Waals surface area (Å²) in [7, 11) is 0. The van der Waals surface area contributed by atoms with Gasteiger partial charge in [0.25, 0.3) is 0 Å². The molecule has 0 radical (unpaired) electrons. The molecule has 0 unspecified atom stereocenters. The van der Waals surface area contributed by atoms with E-state index in [1.54, 1.807) is 11.1 Å². The van der Waals surface area contributed by atoms with Gasteiger partial charge in [-0.1, -0.05) is 129 Å². The summed E-state index contributed by atoms with van der Waals surface area (Å²) in [5.74, 6) is 0. The van der Waals surface area contributed by atoms with Crippen molar-refractivity contribution in [2.45, 2.75) is 176 Å². The molecule has 260 valence electrons. The lowest BCUT2D eigenvalue weighted by atomic mass is 10.0. The normalized spacial score (nSPS) is 11.7. The number of hydrogen-bond acceptors (Lipinski definition) is 4. The van der Waals surface area contributed by atoms with E-state index in [4.69, 9.17) is 0 Å². The molecule has 0 bridgehead atoms. The zero-order chi connectivity index (χ0) is 33.3. The molecule has 0 saturated carbocycles. The Kier molecular flexibility index (Phi) is 17.9. The number of rotatable bonds is 25. The molecule has 0 aromatic carbocycles. The van der Waals surface area contributed by atoms with Crippen molar-refractivity contribution in [3.63, 3.8) is 0 Å². The van der Waals surface area contributed by atoms with E-state index in [0.29, 0.717) is 0 Å². The summed E-state index contributed by atoms with van der Waals surface area (Å²) in [6, 6.07) is 12.2. The Hall–Kier alpha value is -1.20. The molecule has 0 spiro atoms. The van der Waals surface area contributed by atoms with Gasteiger partial charge in [-0.15, -0.1) is 45.3 Å². The van der Waals surface area contributed by atoms with Crippen molar-refractivity contribution < 1.29 is 0 Å². The largest absolute Gasteiger partial charge is 0.139 e. The Bertz CT molecular complexity index is 1410. The highest BCUT2D eigenvalue weighted by Crippen LogP contribution is 2.47. The summed E-state index contributed by atoms with van der Waals surface area (Å²) in [4.78, 5) is 11.8. The Morgan fingerprint density at radius 3 is 1.21 bits per heavy atom. The molecule has 4 heteroatoms. The van der Waals surface area contributed by atoms with Crippen molar-refractivity contribution in [3.05, 3.63) is 56.8 Å². The minimum Gasteiger partial charge on any atom is -0.139 e. The fourth-order valence-corrected chi connectivity index (χ4v) is 11.7. The van der Waals surface area contributed by atoms with Crippen LogP contribution in [0.4, 0.5) is 0 Å². The molecule has 0 amide bonds. The first-order chi connectivity index (χ1) is 23.0. The van der Waals surface area contributed by atoms with Crippen LogP contribution in [0.15, 0.2) is 30.3 Å². The van der Waals surface area contributed by atoms with Crippen LogP contribution in [-0.2, 0) is 12.8 Å². The van der Waals surface area contributed by atoms with Crippen LogP contribution in [-0.4, -0.2) is 0 Å². The van der Waals surface area contributed by atoms with Crippen molar-refractivity contribution in [3.8, 4) is 29.3 Å². The highest BCUT2D eigenvalue weighted by atomic mass is 32.1. The molecule has 0 nitrogen and oxygen atoms in total. The maximum Gasteiger partial charge on any atom is 0.0478 e. The van der Waals surface area contributed by atoms with Crippen LogP contribution in [0.25, 0.3) is 29.3 Å². The van der Waals surface area contributed by atoms with Crippen molar-refractivity contribution in [1.29, 1.82) is 0 Å². The average molecular weight is 709 g/mol. The number of aryl methyl sites for hydroxylation is 5. The monoisotopic (exact) mass is 708 g/mol. The molecule has 0 fully saturated rings. The van der Waals surface area contributed by atoms with Crippen molar-refractivity contribution in [2.24, 2.45) is 0 Å². The van der Waals surface area contributed by atoms with Crippen LogP contribution in [0.5, 0.6) is 0 Å². The van der Waals surface area contributed by atoms with E-state index in [1.165, 1.54) is 186 Å². The van der Waals surface area contributed by atoms with E-state index in [-0.39, 0.29) is 0 Å². The standard InChI is InChI=1S/C43H64S4/c1-6-8-10-12-14-16-18-20-22-24-26-36-31-34(4)44-42(36)39-29-28-38(46-39)41-33(3)30-40(47-41)43-37(32-35(5)45-43)27-25-23-21-19-17-15-13-11-9-7-2/h28-32H,6-27H2,1-5H3. The Balaban J connectivity index is 1.28. The van der Waals surface area contributed by atoms with Crippen LogP contribution < -0.4 is 0 Å². The molecular weight excluding hydrogens is 645 g/mol. The lowest BCUT2D eigenvalue weighted by Crippen LogP contribution is -1.86. The van der Waals surface area contributed by atoms with E-state index in [0.717, 1.165) is 0 Å². The van der Waals surface area contributed by atoms with Gasteiger partial charge in [0.05, 0.1) is 0 Å². The zero-order valence-electron chi connectivity index (χ0n) is 30.6. The third-order valence-electron chi connectivity index (χ3n) is 9.66. The van der Waals surface area contributed by atoms with Crippen molar-refractivity contribution in [2.75, 3.05) is 0 Å². The van der Waals surface area contributed by atoms with E-state index in [2.05, 4.69) is 65.0 Å². The first-order valence-electron chi connectivity index (χ1n) is 19.4. The molecule has 0 aliphatic carbocycles. The number of thiophene rings is 4. The van der Waals surface area contributed by atoms with Gasteiger partial charge in [0.2, 0.25) is 0 Å². The zero-order valence-corrected chi connectivity index (χ0v) is 33.8. The molecule has 4 aromatic rings. The summed E-state index contributed by atoms with van der Waals surface area (Å²) in [6.07, 6.45) is 30.5. The molecule has 47 heavy (non-hydrogen) atoms. The molecule has 4 rings (SSSR count). The first kappa shape index (κ1) is 38.6. The van der Waals surface area contributed by atoms with Gasteiger partial charge in [-0.25, -0.2) is 0 Å². The SMILES string of the molecule is CCCCCCCCCCCCc1cc(C)sc1-c1ccc(-c2sc(-c3sc(C)cc3CCCCCCCCCCCC)cc2C)s1. The van der Waals surface area contributed by atoms with Gasteiger partial charge in [-0.05, 0) is 93.5 Å². The minimum atomic E-state index is 1.23. The summed E-state index contributed by atoms with van der Waals surface area (Å²) in [6.45, 7) is 11.5. The van der Waals surface area contributed by atoms with E-state index in [9.17, 15) is 0 Å². The Labute approximate surface area is 305 Å².